The fourth-order valence-electron chi connectivity index (χ4n) is 8.91. The topological polar surface area (TPSA) is 57.1 Å². The quantitative estimate of drug-likeness (QED) is 0.129. The van der Waals surface area contributed by atoms with E-state index in [4.69, 9.17) is 24.4 Å². The lowest BCUT2D eigenvalue weighted by Gasteiger charge is -2.34. The summed E-state index contributed by atoms with van der Waals surface area (Å²) in [5, 5.41) is 0. The van der Waals surface area contributed by atoms with E-state index in [1.165, 1.54) is 16.7 Å². The molecule has 0 atom stereocenters. The Kier molecular flexibility index (Phi) is 10.1. The predicted octanol–water partition coefficient (Wildman–Crippen LogP) is 14.6. The smallest absolute Gasteiger partial charge is 0.178 e. The summed E-state index contributed by atoms with van der Waals surface area (Å²) in [5.41, 5.74) is 12.6. The lowest BCUT2D eigenvalue weighted by molar-refractivity contribution is 0.360. The summed E-state index contributed by atoms with van der Waals surface area (Å²) in [5.74, 6) is 4.32. The van der Waals surface area contributed by atoms with E-state index < -0.39 is 5.41 Å². The molecule has 302 valence electrons. The molecule has 1 aliphatic heterocycles. The van der Waals surface area contributed by atoms with Gasteiger partial charge in [-0.3, -0.25) is 0 Å². The molecular formula is C58H43N3O2. The Morgan fingerprint density at radius 1 is 0.556 bits per heavy atom. The van der Waals surface area contributed by atoms with E-state index in [1.54, 1.807) is 0 Å². The summed E-state index contributed by atoms with van der Waals surface area (Å²) < 4.78 is 13.6. The number of aromatic nitrogens is 3. The molecule has 7 aromatic carbocycles. The average molecular weight is 814 g/mol. The minimum absolute atomic E-state index is 0.540. The lowest BCUT2D eigenvalue weighted by atomic mass is 9.68. The molecule has 2 heterocycles. The minimum atomic E-state index is -0.540. The molecule has 0 saturated heterocycles. The van der Waals surface area contributed by atoms with Crippen molar-refractivity contribution < 1.29 is 9.47 Å². The van der Waals surface area contributed by atoms with Crippen molar-refractivity contribution in [2.45, 2.75) is 19.3 Å². The van der Waals surface area contributed by atoms with Crippen LogP contribution in [0.3, 0.4) is 0 Å². The zero-order chi connectivity index (χ0) is 42.9. The van der Waals surface area contributed by atoms with Gasteiger partial charge in [0.2, 0.25) is 0 Å². The number of nitrogens with zero attached hydrogens (tertiary/aromatic N) is 3. The number of rotatable bonds is 10. The Morgan fingerprint density at radius 2 is 1.17 bits per heavy atom. The molecule has 2 aliphatic rings. The first-order valence-corrected chi connectivity index (χ1v) is 21.1. The normalized spacial score (nSPS) is 13.7. The van der Waals surface area contributed by atoms with Crippen LogP contribution in [0.2, 0.25) is 0 Å². The zero-order valence-electron chi connectivity index (χ0n) is 35.1. The van der Waals surface area contributed by atoms with Crippen molar-refractivity contribution in [2.24, 2.45) is 0 Å². The SMILES string of the molecule is C=C/C(=C\C(=C/C)c1nc(/C(C)=C/C(=C)c2ccc3c(c2)Oc2ccc4c(c2O3)-c2ccccc2C4(c2ccccc2)c2ccccc2)nc(-c2ccccc2)n1)c1ccccc1. The van der Waals surface area contributed by atoms with Crippen LogP contribution in [-0.2, 0) is 5.41 Å². The highest BCUT2D eigenvalue weighted by Gasteiger charge is 2.48. The first-order chi connectivity index (χ1) is 31.0. The van der Waals surface area contributed by atoms with Crippen LogP contribution >= 0.6 is 0 Å². The van der Waals surface area contributed by atoms with Gasteiger partial charge < -0.3 is 9.47 Å². The molecule has 0 N–H and O–H groups in total. The lowest BCUT2D eigenvalue weighted by Crippen LogP contribution is -2.28. The molecule has 5 nitrogen and oxygen atoms in total. The van der Waals surface area contributed by atoms with E-state index in [2.05, 4.69) is 122 Å². The van der Waals surface area contributed by atoms with E-state index in [0.29, 0.717) is 40.5 Å². The Hall–Kier alpha value is -8.15. The maximum Gasteiger partial charge on any atom is 0.178 e. The molecule has 0 spiro atoms. The van der Waals surface area contributed by atoms with Crippen LogP contribution in [0.25, 0.3) is 44.8 Å². The largest absolute Gasteiger partial charge is 0.449 e. The van der Waals surface area contributed by atoms with Gasteiger partial charge in [-0.05, 0) is 99.9 Å². The molecule has 0 radical (unpaired) electrons. The van der Waals surface area contributed by atoms with Crippen molar-refractivity contribution in [3.8, 4) is 45.5 Å². The molecule has 0 bridgehead atoms. The van der Waals surface area contributed by atoms with Crippen LogP contribution in [0, 0.1) is 0 Å². The van der Waals surface area contributed by atoms with Gasteiger partial charge in [0, 0.05) is 16.7 Å². The van der Waals surface area contributed by atoms with Gasteiger partial charge >= 0.3 is 0 Å². The van der Waals surface area contributed by atoms with E-state index in [1.807, 2.05) is 105 Å². The molecule has 0 unspecified atom stereocenters. The van der Waals surface area contributed by atoms with Crippen molar-refractivity contribution in [1.82, 2.24) is 15.0 Å². The maximum atomic E-state index is 6.88. The molecule has 63 heavy (non-hydrogen) atoms. The van der Waals surface area contributed by atoms with Gasteiger partial charge in [-0.1, -0.05) is 183 Å². The van der Waals surface area contributed by atoms with Gasteiger partial charge in [0.05, 0.1) is 5.41 Å². The van der Waals surface area contributed by atoms with E-state index >= 15 is 0 Å². The van der Waals surface area contributed by atoms with Gasteiger partial charge in [-0.2, -0.15) is 0 Å². The first-order valence-electron chi connectivity index (χ1n) is 21.1. The van der Waals surface area contributed by atoms with Gasteiger partial charge in [0.1, 0.15) is 0 Å². The molecule has 10 rings (SSSR count). The highest BCUT2D eigenvalue weighted by Crippen LogP contribution is 2.62. The summed E-state index contributed by atoms with van der Waals surface area (Å²) in [6, 6.07) is 60.5. The highest BCUT2D eigenvalue weighted by molar-refractivity contribution is 5.92. The Morgan fingerprint density at radius 3 is 1.86 bits per heavy atom. The molecule has 1 aromatic heterocycles. The number of allylic oxidation sites excluding steroid dienone is 8. The van der Waals surface area contributed by atoms with Gasteiger partial charge in [-0.15, -0.1) is 0 Å². The predicted molar refractivity (Wildman–Crippen MR) is 257 cm³/mol. The van der Waals surface area contributed by atoms with Crippen LogP contribution in [0.5, 0.6) is 23.0 Å². The minimum Gasteiger partial charge on any atom is -0.449 e. The maximum absolute atomic E-state index is 6.88. The van der Waals surface area contributed by atoms with Crippen molar-refractivity contribution in [2.75, 3.05) is 0 Å². The number of fused-ring (bicyclic) bond motifs is 6. The molecule has 1 aliphatic carbocycles. The average Bonchev–Trinajstić information content (AvgIpc) is 3.66. The Balaban J connectivity index is 0.997. The van der Waals surface area contributed by atoms with Crippen LogP contribution in [0.15, 0.2) is 213 Å². The van der Waals surface area contributed by atoms with Crippen molar-refractivity contribution in [3.63, 3.8) is 0 Å². The number of hydrogen-bond donors (Lipinski definition) is 0. The summed E-state index contributed by atoms with van der Waals surface area (Å²) in [6.45, 7) is 12.6. The second-order valence-corrected chi connectivity index (χ2v) is 15.6. The summed E-state index contributed by atoms with van der Waals surface area (Å²) in [4.78, 5) is 15.0. The monoisotopic (exact) mass is 813 g/mol. The van der Waals surface area contributed by atoms with Gasteiger partial charge in [-0.25, -0.2) is 15.0 Å². The van der Waals surface area contributed by atoms with Crippen LogP contribution in [-0.4, -0.2) is 15.0 Å². The number of benzene rings is 7. The number of ether oxygens (including phenoxy) is 2. The summed E-state index contributed by atoms with van der Waals surface area (Å²) in [6.07, 6.45) is 7.95. The van der Waals surface area contributed by atoms with Gasteiger partial charge in [0.25, 0.3) is 0 Å². The van der Waals surface area contributed by atoms with E-state index in [0.717, 1.165) is 55.7 Å². The first kappa shape index (κ1) is 39.0. The third-order valence-corrected chi connectivity index (χ3v) is 11.9. The summed E-state index contributed by atoms with van der Waals surface area (Å²) in [7, 11) is 0. The third kappa shape index (κ3) is 6.90. The van der Waals surface area contributed by atoms with Crippen LogP contribution < -0.4 is 9.47 Å². The van der Waals surface area contributed by atoms with Crippen molar-refractivity contribution in [3.05, 3.63) is 258 Å². The van der Waals surface area contributed by atoms with Gasteiger partial charge in [0.15, 0.2) is 40.5 Å². The van der Waals surface area contributed by atoms with E-state index in [9.17, 15) is 0 Å². The second kappa shape index (κ2) is 16.4. The summed E-state index contributed by atoms with van der Waals surface area (Å²) >= 11 is 0. The Labute approximate surface area is 368 Å². The van der Waals surface area contributed by atoms with Crippen molar-refractivity contribution in [1.29, 1.82) is 0 Å². The Bertz CT molecular complexity index is 3110. The molecule has 5 heteroatoms. The van der Waals surface area contributed by atoms with E-state index in [-0.39, 0.29) is 0 Å². The fourth-order valence-corrected chi connectivity index (χ4v) is 8.91. The standard InChI is InChI=1S/C58H43N3O2/c1-5-40(42-21-11-7-12-22-42)36-41(6-2)56-59-55(60-57(61-56)43-23-13-8-14-24-43)39(4)35-38(3)44-31-33-50-52(37-44)62-51-34-32-49-53(54(51)63-50)47-29-19-20-30-48(47)58(49,45-25-15-9-16-26-45)46-27-17-10-18-28-46/h5-37H,1,3H2,2,4H3/b39-35+,40-36+,41-6+. The number of hydrogen-bond acceptors (Lipinski definition) is 5. The van der Waals surface area contributed by atoms with Crippen LogP contribution in [0.4, 0.5) is 0 Å². The second-order valence-electron chi connectivity index (χ2n) is 15.6. The zero-order valence-corrected chi connectivity index (χ0v) is 35.1. The molecule has 0 amide bonds. The third-order valence-electron chi connectivity index (χ3n) is 11.9. The molecule has 8 aromatic rings. The molecule has 0 saturated carbocycles. The molecular weight excluding hydrogens is 771 g/mol. The van der Waals surface area contributed by atoms with Crippen LogP contribution in [0.1, 0.15) is 58.9 Å². The van der Waals surface area contributed by atoms with Crippen molar-refractivity contribution >= 4 is 22.3 Å². The fraction of sp³-hybridized carbons (Fsp3) is 0.0517. The highest BCUT2D eigenvalue weighted by atomic mass is 16.6. The molecule has 0 fully saturated rings.